The minimum atomic E-state index is -0.639. The SMILES string of the molecule is Cc1cc([N+](=O)[O-])cnc1Oc1cccc(C(=O)NC[C@@H](C)O)c1. The molecule has 8 nitrogen and oxygen atoms in total. The van der Waals surface area contributed by atoms with Crippen LogP contribution in [-0.2, 0) is 0 Å². The number of nitro groups is 1. The highest BCUT2D eigenvalue weighted by Gasteiger charge is 2.12. The standard InChI is InChI=1S/C16H17N3O5/c1-10-6-13(19(22)23)9-18-16(10)24-14-5-3-4-12(7-14)15(21)17-8-11(2)20/h3-7,9,11,20H,8H2,1-2H3,(H,17,21)/t11-/m1/s1. The molecule has 126 valence electrons. The zero-order chi connectivity index (χ0) is 17.7. The molecule has 0 aliphatic heterocycles. The van der Waals surface area contributed by atoms with Crippen LogP contribution in [0.4, 0.5) is 5.69 Å². The van der Waals surface area contributed by atoms with Crippen LogP contribution in [0.25, 0.3) is 0 Å². The van der Waals surface area contributed by atoms with Gasteiger partial charge < -0.3 is 15.2 Å². The van der Waals surface area contributed by atoms with Gasteiger partial charge in [0.2, 0.25) is 5.88 Å². The van der Waals surface area contributed by atoms with Crippen molar-refractivity contribution in [3.63, 3.8) is 0 Å². The number of rotatable bonds is 6. The van der Waals surface area contributed by atoms with Gasteiger partial charge in [-0.15, -0.1) is 0 Å². The quantitative estimate of drug-likeness (QED) is 0.619. The van der Waals surface area contributed by atoms with E-state index < -0.39 is 11.0 Å². The second-order valence-corrected chi connectivity index (χ2v) is 5.26. The van der Waals surface area contributed by atoms with Crippen LogP contribution in [0, 0.1) is 17.0 Å². The maximum Gasteiger partial charge on any atom is 0.288 e. The Morgan fingerprint density at radius 1 is 1.46 bits per heavy atom. The fourth-order valence-corrected chi connectivity index (χ4v) is 1.91. The number of carbonyl (C=O) groups excluding carboxylic acids is 1. The van der Waals surface area contributed by atoms with Crippen LogP contribution in [0.1, 0.15) is 22.8 Å². The van der Waals surface area contributed by atoms with Gasteiger partial charge in [-0.3, -0.25) is 14.9 Å². The molecule has 0 fully saturated rings. The lowest BCUT2D eigenvalue weighted by Crippen LogP contribution is -2.30. The van der Waals surface area contributed by atoms with Gasteiger partial charge in [-0.05, 0) is 32.0 Å². The van der Waals surface area contributed by atoms with Crippen molar-refractivity contribution in [1.82, 2.24) is 10.3 Å². The van der Waals surface area contributed by atoms with Crippen LogP contribution in [0.15, 0.2) is 36.5 Å². The number of ether oxygens (including phenoxy) is 1. The summed E-state index contributed by atoms with van der Waals surface area (Å²) >= 11 is 0. The number of hydrogen-bond donors (Lipinski definition) is 2. The lowest BCUT2D eigenvalue weighted by atomic mass is 10.2. The average molecular weight is 331 g/mol. The number of aliphatic hydroxyl groups excluding tert-OH is 1. The van der Waals surface area contributed by atoms with Crippen molar-refractivity contribution in [3.05, 3.63) is 57.8 Å². The molecule has 1 atom stereocenters. The average Bonchev–Trinajstić information content (AvgIpc) is 2.54. The van der Waals surface area contributed by atoms with Crippen LogP contribution >= 0.6 is 0 Å². The van der Waals surface area contributed by atoms with E-state index in [0.29, 0.717) is 16.9 Å². The zero-order valence-electron chi connectivity index (χ0n) is 13.2. The van der Waals surface area contributed by atoms with E-state index in [4.69, 9.17) is 4.74 Å². The summed E-state index contributed by atoms with van der Waals surface area (Å²) < 4.78 is 5.60. The zero-order valence-corrected chi connectivity index (χ0v) is 13.2. The Kier molecular flexibility index (Phi) is 5.43. The van der Waals surface area contributed by atoms with Crippen molar-refractivity contribution in [3.8, 4) is 11.6 Å². The molecule has 1 heterocycles. The first-order valence-electron chi connectivity index (χ1n) is 7.22. The molecular weight excluding hydrogens is 314 g/mol. The summed E-state index contributed by atoms with van der Waals surface area (Å²) in [6, 6.07) is 7.79. The van der Waals surface area contributed by atoms with Gasteiger partial charge in [-0.2, -0.15) is 0 Å². The number of nitrogens with zero attached hydrogens (tertiary/aromatic N) is 2. The van der Waals surface area contributed by atoms with Crippen LogP contribution in [0.3, 0.4) is 0 Å². The summed E-state index contributed by atoms with van der Waals surface area (Å²) in [5.41, 5.74) is 0.756. The second kappa shape index (κ2) is 7.51. The first-order valence-corrected chi connectivity index (χ1v) is 7.22. The molecular formula is C16H17N3O5. The van der Waals surface area contributed by atoms with Crippen molar-refractivity contribution in [1.29, 1.82) is 0 Å². The van der Waals surface area contributed by atoms with E-state index in [1.807, 2.05) is 0 Å². The highest BCUT2D eigenvalue weighted by Crippen LogP contribution is 2.25. The summed E-state index contributed by atoms with van der Waals surface area (Å²) in [5, 5.41) is 22.5. The minimum absolute atomic E-state index is 0.119. The van der Waals surface area contributed by atoms with E-state index in [2.05, 4.69) is 10.3 Å². The molecule has 1 amide bonds. The fourth-order valence-electron chi connectivity index (χ4n) is 1.91. The summed E-state index contributed by atoms with van der Waals surface area (Å²) in [5.74, 6) is 0.265. The molecule has 0 saturated carbocycles. The Labute approximate surface area is 138 Å². The predicted molar refractivity (Wildman–Crippen MR) is 86.2 cm³/mol. The topological polar surface area (TPSA) is 115 Å². The number of amides is 1. The Bertz CT molecular complexity index is 761. The van der Waals surface area contributed by atoms with Crippen molar-refractivity contribution >= 4 is 11.6 Å². The highest BCUT2D eigenvalue weighted by atomic mass is 16.6. The third kappa shape index (κ3) is 4.50. The van der Waals surface area contributed by atoms with Gasteiger partial charge in [0.25, 0.3) is 11.6 Å². The molecule has 0 saturated heterocycles. The Morgan fingerprint density at radius 3 is 2.83 bits per heavy atom. The maximum atomic E-state index is 12.0. The summed E-state index contributed by atoms with van der Waals surface area (Å²) in [4.78, 5) is 26.1. The van der Waals surface area contributed by atoms with E-state index in [-0.39, 0.29) is 24.0 Å². The largest absolute Gasteiger partial charge is 0.439 e. The van der Waals surface area contributed by atoms with Gasteiger partial charge in [0.05, 0.1) is 11.0 Å². The molecule has 0 aliphatic rings. The predicted octanol–water partition coefficient (Wildman–Crippen LogP) is 2.20. The smallest absolute Gasteiger partial charge is 0.288 e. The Hall–Kier alpha value is -3.00. The molecule has 0 unspecified atom stereocenters. The van der Waals surface area contributed by atoms with Crippen molar-refractivity contribution in [2.75, 3.05) is 6.54 Å². The molecule has 0 spiro atoms. The molecule has 1 aromatic heterocycles. The summed E-state index contributed by atoms with van der Waals surface area (Å²) in [6.07, 6.45) is 0.474. The van der Waals surface area contributed by atoms with Gasteiger partial charge in [0.15, 0.2) is 0 Å². The van der Waals surface area contributed by atoms with Crippen LogP contribution < -0.4 is 10.1 Å². The van der Waals surface area contributed by atoms with Crippen LogP contribution in [0.5, 0.6) is 11.6 Å². The highest BCUT2D eigenvalue weighted by molar-refractivity contribution is 5.94. The molecule has 8 heteroatoms. The van der Waals surface area contributed by atoms with E-state index in [0.717, 1.165) is 6.20 Å². The molecule has 2 N–H and O–H groups in total. The molecule has 0 aliphatic carbocycles. The van der Waals surface area contributed by atoms with E-state index in [1.165, 1.54) is 12.1 Å². The molecule has 24 heavy (non-hydrogen) atoms. The summed E-state index contributed by atoms with van der Waals surface area (Å²) in [7, 11) is 0. The van der Waals surface area contributed by atoms with Crippen molar-refractivity contribution < 1.29 is 19.6 Å². The number of aryl methyl sites for hydroxylation is 1. The lowest BCUT2D eigenvalue weighted by molar-refractivity contribution is -0.385. The lowest BCUT2D eigenvalue weighted by Gasteiger charge is -2.10. The molecule has 2 rings (SSSR count). The molecule has 2 aromatic rings. The van der Waals surface area contributed by atoms with Gasteiger partial charge in [0.1, 0.15) is 11.9 Å². The van der Waals surface area contributed by atoms with Gasteiger partial charge in [0, 0.05) is 23.7 Å². The first kappa shape index (κ1) is 17.4. The number of pyridine rings is 1. The molecule has 0 bridgehead atoms. The third-order valence-electron chi connectivity index (χ3n) is 3.10. The van der Waals surface area contributed by atoms with Gasteiger partial charge in [-0.25, -0.2) is 4.98 Å². The minimum Gasteiger partial charge on any atom is -0.439 e. The first-order chi connectivity index (χ1) is 11.4. The van der Waals surface area contributed by atoms with E-state index in [1.54, 1.807) is 32.0 Å². The normalized spacial score (nSPS) is 11.6. The van der Waals surface area contributed by atoms with Crippen LogP contribution in [-0.4, -0.2) is 33.6 Å². The number of carbonyl (C=O) groups is 1. The number of aliphatic hydroxyl groups is 1. The van der Waals surface area contributed by atoms with E-state index >= 15 is 0 Å². The van der Waals surface area contributed by atoms with Gasteiger partial charge in [-0.1, -0.05) is 6.07 Å². The van der Waals surface area contributed by atoms with Gasteiger partial charge >= 0.3 is 0 Å². The second-order valence-electron chi connectivity index (χ2n) is 5.26. The number of nitrogens with one attached hydrogen (secondary N) is 1. The Balaban J connectivity index is 2.15. The van der Waals surface area contributed by atoms with Crippen molar-refractivity contribution in [2.24, 2.45) is 0 Å². The monoisotopic (exact) mass is 331 g/mol. The molecule has 1 aromatic carbocycles. The summed E-state index contributed by atoms with van der Waals surface area (Å²) in [6.45, 7) is 3.37. The van der Waals surface area contributed by atoms with Crippen LogP contribution in [0.2, 0.25) is 0 Å². The molecule has 0 radical (unpaired) electrons. The van der Waals surface area contributed by atoms with E-state index in [9.17, 15) is 20.0 Å². The number of hydrogen-bond acceptors (Lipinski definition) is 6. The van der Waals surface area contributed by atoms with Crippen molar-refractivity contribution in [2.45, 2.75) is 20.0 Å². The number of aromatic nitrogens is 1. The Morgan fingerprint density at radius 2 is 2.21 bits per heavy atom. The third-order valence-corrected chi connectivity index (χ3v) is 3.10. The fraction of sp³-hybridized carbons (Fsp3) is 0.250. The number of benzene rings is 1. The maximum absolute atomic E-state index is 12.0.